The summed E-state index contributed by atoms with van der Waals surface area (Å²) in [5.74, 6) is -0.289. The maximum Gasteiger partial charge on any atom is 0.255 e. The molecule has 0 aliphatic carbocycles. The number of para-hydroxylation sites is 1. The molecule has 1 amide bonds. The number of hydrogen-bond acceptors (Lipinski definition) is 3. The first-order valence-corrected chi connectivity index (χ1v) is 6.12. The predicted molar refractivity (Wildman–Crippen MR) is 73.5 cm³/mol. The summed E-state index contributed by atoms with van der Waals surface area (Å²) in [7, 11) is 1.71. The highest BCUT2D eigenvalue weighted by molar-refractivity contribution is 6.05. The molecule has 0 aliphatic heterocycles. The van der Waals surface area contributed by atoms with Gasteiger partial charge in [0.1, 0.15) is 0 Å². The van der Waals surface area contributed by atoms with Gasteiger partial charge in [-0.2, -0.15) is 5.26 Å². The summed E-state index contributed by atoms with van der Waals surface area (Å²) in [6.45, 7) is 2.21. The van der Waals surface area contributed by atoms with Gasteiger partial charge in [-0.1, -0.05) is 18.2 Å². The molecule has 4 heteroatoms. The number of rotatable bonds is 3. The minimum atomic E-state index is -0.183. The molecule has 0 saturated carbocycles. The van der Waals surface area contributed by atoms with Crippen LogP contribution >= 0.6 is 0 Å². The topological polar surface area (TPSA) is 57.0 Å². The Labute approximate surface area is 112 Å². The van der Waals surface area contributed by atoms with E-state index in [1.165, 1.54) is 0 Å². The van der Waals surface area contributed by atoms with Crippen molar-refractivity contribution in [3.63, 3.8) is 0 Å². The van der Waals surface area contributed by atoms with Crippen LogP contribution in [0.3, 0.4) is 0 Å². The van der Waals surface area contributed by atoms with Crippen molar-refractivity contribution in [1.29, 1.82) is 5.26 Å². The monoisotopic (exact) mass is 253 g/mol. The predicted octanol–water partition coefficient (Wildman–Crippen LogP) is 2.47. The van der Waals surface area contributed by atoms with E-state index in [-0.39, 0.29) is 11.8 Å². The molecule has 0 radical (unpaired) electrons. The van der Waals surface area contributed by atoms with E-state index in [1.807, 2.05) is 24.3 Å². The zero-order chi connectivity index (χ0) is 13.8. The van der Waals surface area contributed by atoms with Gasteiger partial charge in [-0.3, -0.25) is 9.78 Å². The zero-order valence-corrected chi connectivity index (χ0v) is 11.0. The van der Waals surface area contributed by atoms with Crippen molar-refractivity contribution >= 4 is 16.8 Å². The van der Waals surface area contributed by atoms with E-state index in [4.69, 9.17) is 5.26 Å². The van der Waals surface area contributed by atoms with Crippen molar-refractivity contribution < 1.29 is 4.79 Å². The number of carbonyl (C=O) groups excluding carboxylic acids is 1. The number of nitriles is 1. The fraction of sp³-hybridized carbons (Fsp3) is 0.267. The Balaban J connectivity index is 2.34. The first-order chi connectivity index (χ1) is 9.13. The van der Waals surface area contributed by atoms with Gasteiger partial charge in [0.05, 0.1) is 23.1 Å². The van der Waals surface area contributed by atoms with Crippen LogP contribution < -0.4 is 0 Å². The fourth-order valence-corrected chi connectivity index (χ4v) is 2.02. The zero-order valence-electron chi connectivity index (χ0n) is 11.0. The average Bonchev–Trinajstić information content (AvgIpc) is 2.45. The lowest BCUT2D eigenvalue weighted by Gasteiger charge is -2.18. The molecule has 0 aliphatic rings. The number of benzene rings is 1. The van der Waals surface area contributed by atoms with Crippen LogP contribution in [-0.2, 0) is 0 Å². The summed E-state index contributed by atoms with van der Waals surface area (Å²) < 4.78 is 0. The lowest BCUT2D eigenvalue weighted by Crippen LogP contribution is -2.30. The largest absolute Gasteiger partial charge is 0.340 e. The van der Waals surface area contributed by atoms with Crippen LogP contribution in [0.2, 0.25) is 0 Å². The first kappa shape index (κ1) is 13.0. The normalized spacial score (nSPS) is 11.8. The number of pyridine rings is 1. The van der Waals surface area contributed by atoms with E-state index in [0.717, 1.165) is 5.39 Å². The quantitative estimate of drug-likeness (QED) is 0.844. The molecule has 1 unspecified atom stereocenters. The number of amides is 1. The highest BCUT2D eigenvalue weighted by Crippen LogP contribution is 2.17. The number of fused-ring (bicyclic) bond motifs is 1. The lowest BCUT2D eigenvalue weighted by atomic mass is 10.1. The summed E-state index contributed by atoms with van der Waals surface area (Å²) in [4.78, 5) is 18.2. The minimum Gasteiger partial charge on any atom is -0.340 e. The summed E-state index contributed by atoms with van der Waals surface area (Å²) >= 11 is 0. The second-order valence-corrected chi connectivity index (χ2v) is 4.60. The van der Waals surface area contributed by atoms with Gasteiger partial charge in [0.15, 0.2) is 0 Å². The number of hydrogen-bond donors (Lipinski definition) is 0. The van der Waals surface area contributed by atoms with E-state index in [0.29, 0.717) is 17.6 Å². The van der Waals surface area contributed by atoms with E-state index < -0.39 is 0 Å². The number of aromatic nitrogens is 1. The van der Waals surface area contributed by atoms with Gasteiger partial charge in [-0.05, 0) is 19.1 Å². The second kappa shape index (κ2) is 5.49. The van der Waals surface area contributed by atoms with E-state index in [2.05, 4.69) is 11.1 Å². The van der Waals surface area contributed by atoms with Crippen molar-refractivity contribution in [3.8, 4) is 6.07 Å². The summed E-state index contributed by atoms with van der Waals surface area (Å²) in [5.41, 5.74) is 1.28. The molecule has 1 aromatic heterocycles. The molecule has 0 fully saturated rings. The van der Waals surface area contributed by atoms with Crippen LogP contribution in [0, 0.1) is 17.2 Å². The van der Waals surface area contributed by atoms with Gasteiger partial charge in [0, 0.05) is 25.2 Å². The standard InChI is InChI=1S/C15H15N3O/c1-11(9-16)10-18(2)15(19)13-7-3-5-12-6-4-8-17-14(12)13/h3-8,11H,10H2,1-2H3. The van der Waals surface area contributed by atoms with Crippen LogP contribution in [0.4, 0.5) is 0 Å². The van der Waals surface area contributed by atoms with Gasteiger partial charge in [-0.15, -0.1) is 0 Å². The molecule has 2 rings (SSSR count). The minimum absolute atomic E-state index is 0.105. The molecular formula is C15H15N3O. The third kappa shape index (κ3) is 2.71. The summed E-state index contributed by atoms with van der Waals surface area (Å²) in [5, 5.41) is 9.75. The summed E-state index contributed by atoms with van der Waals surface area (Å²) in [6, 6.07) is 11.4. The Bertz CT molecular complexity index is 640. The van der Waals surface area contributed by atoms with Crippen molar-refractivity contribution in [3.05, 3.63) is 42.1 Å². The van der Waals surface area contributed by atoms with Crippen LogP contribution in [0.15, 0.2) is 36.5 Å². The second-order valence-electron chi connectivity index (χ2n) is 4.60. The molecule has 19 heavy (non-hydrogen) atoms. The van der Waals surface area contributed by atoms with Gasteiger partial charge in [-0.25, -0.2) is 0 Å². The Hall–Kier alpha value is -2.41. The van der Waals surface area contributed by atoms with Crippen LogP contribution in [0.5, 0.6) is 0 Å². The number of nitrogens with zero attached hydrogens (tertiary/aromatic N) is 3. The lowest BCUT2D eigenvalue weighted by molar-refractivity contribution is 0.0787. The maximum atomic E-state index is 12.4. The van der Waals surface area contributed by atoms with Gasteiger partial charge < -0.3 is 4.90 Å². The van der Waals surface area contributed by atoms with E-state index in [1.54, 1.807) is 31.1 Å². The molecule has 1 atom stereocenters. The summed E-state index contributed by atoms with van der Waals surface area (Å²) in [6.07, 6.45) is 1.68. The molecule has 2 aromatic rings. The van der Waals surface area contributed by atoms with Gasteiger partial charge >= 0.3 is 0 Å². The van der Waals surface area contributed by atoms with Gasteiger partial charge in [0.2, 0.25) is 0 Å². The molecule has 1 heterocycles. The third-order valence-corrected chi connectivity index (χ3v) is 2.98. The Morgan fingerprint density at radius 3 is 2.89 bits per heavy atom. The fourth-order valence-electron chi connectivity index (χ4n) is 2.02. The highest BCUT2D eigenvalue weighted by Gasteiger charge is 2.16. The van der Waals surface area contributed by atoms with Crippen molar-refractivity contribution in [2.75, 3.05) is 13.6 Å². The van der Waals surface area contributed by atoms with Gasteiger partial charge in [0.25, 0.3) is 5.91 Å². The molecule has 0 bridgehead atoms. The molecular weight excluding hydrogens is 238 g/mol. The van der Waals surface area contributed by atoms with Crippen molar-refractivity contribution in [2.24, 2.45) is 5.92 Å². The molecule has 1 aromatic carbocycles. The van der Waals surface area contributed by atoms with Crippen LogP contribution in [-0.4, -0.2) is 29.4 Å². The van der Waals surface area contributed by atoms with Crippen LogP contribution in [0.25, 0.3) is 10.9 Å². The number of carbonyl (C=O) groups is 1. The Morgan fingerprint density at radius 2 is 2.16 bits per heavy atom. The SMILES string of the molecule is CC(C#N)CN(C)C(=O)c1cccc2cccnc12. The van der Waals surface area contributed by atoms with E-state index in [9.17, 15) is 4.79 Å². The Morgan fingerprint density at radius 1 is 1.42 bits per heavy atom. The highest BCUT2D eigenvalue weighted by atomic mass is 16.2. The molecule has 0 saturated heterocycles. The maximum absolute atomic E-state index is 12.4. The first-order valence-electron chi connectivity index (χ1n) is 6.12. The smallest absolute Gasteiger partial charge is 0.255 e. The Kier molecular flexibility index (Phi) is 3.76. The van der Waals surface area contributed by atoms with E-state index >= 15 is 0 Å². The molecule has 96 valence electrons. The van der Waals surface area contributed by atoms with Crippen LogP contribution in [0.1, 0.15) is 17.3 Å². The van der Waals surface area contributed by atoms with Crippen molar-refractivity contribution in [2.45, 2.75) is 6.92 Å². The molecule has 0 spiro atoms. The molecule has 4 nitrogen and oxygen atoms in total. The average molecular weight is 253 g/mol. The third-order valence-electron chi connectivity index (χ3n) is 2.98. The molecule has 0 N–H and O–H groups in total. The van der Waals surface area contributed by atoms with Crippen molar-refractivity contribution in [1.82, 2.24) is 9.88 Å².